The minimum atomic E-state index is -0.486. The molecule has 2 amide bonds. The number of carbonyl (C=O) groups is 2. The number of nitrogens with one attached hydrogen (secondary N) is 1. The molecule has 0 spiro atoms. The number of benzene rings is 1. The molecule has 1 aromatic rings. The van der Waals surface area contributed by atoms with Crippen molar-refractivity contribution in [1.29, 1.82) is 0 Å². The molecule has 1 heterocycles. The molecule has 0 aromatic heterocycles. The number of carbonyl (C=O) groups excluding carboxylic acids is 2. The zero-order chi connectivity index (χ0) is 13.8. The maximum Gasteiger partial charge on any atom is 0.241 e. The van der Waals surface area contributed by atoms with E-state index in [9.17, 15) is 9.59 Å². The first-order valence-corrected chi connectivity index (χ1v) is 6.58. The highest BCUT2D eigenvalue weighted by molar-refractivity contribution is 5.97. The third-order valence-corrected chi connectivity index (χ3v) is 3.30. The SMILES string of the molecule is CC[C@H](N)C(=O)Nc1ccc(N2CCCC2=O)cc1.Cl. The van der Waals surface area contributed by atoms with E-state index in [1.54, 1.807) is 17.0 Å². The van der Waals surface area contributed by atoms with Gasteiger partial charge in [0.1, 0.15) is 0 Å². The molecular weight excluding hydrogens is 278 g/mol. The Labute approximate surface area is 124 Å². The lowest BCUT2D eigenvalue weighted by Gasteiger charge is -2.16. The Balaban J connectivity index is 0.00000200. The van der Waals surface area contributed by atoms with E-state index in [1.165, 1.54) is 0 Å². The van der Waals surface area contributed by atoms with Crippen molar-refractivity contribution in [3.8, 4) is 0 Å². The third kappa shape index (κ3) is 3.71. The molecule has 5 nitrogen and oxygen atoms in total. The highest BCUT2D eigenvalue weighted by Gasteiger charge is 2.21. The van der Waals surface area contributed by atoms with Gasteiger partial charge in [0.15, 0.2) is 0 Å². The monoisotopic (exact) mass is 297 g/mol. The van der Waals surface area contributed by atoms with Crippen molar-refractivity contribution < 1.29 is 9.59 Å². The molecule has 20 heavy (non-hydrogen) atoms. The minimum Gasteiger partial charge on any atom is -0.325 e. The Kier molecular flexibility index (Phi) is 5.98. The van der Waals surface area contributed by atoms with Crippen molar-refractivity contribution in [3.63, 3.8) is 0 Å². The van der Waals surface area contributed by atoms with E-state index in [-0.39, 0.29) is 24.2 Å². The van der Waals surface area contributed by atoms with E-state index in [1.807, 2.05) is 19.1 Å². The van der Waals surface area contributed by atoms with Crippen LogP contribution in [0.15, 0.2) is 24.3 Å². The summed E-state index contributed by atoms with van der Waals surface area (Å²) >= 11 is 0. The summed E-state index contributed by atoms with van der Waals surface area (Å²) in [5.41, 5.74) is 7.22. The number of halogens is 1. The molecule has 1 fully saturated rings. The van der Waals surface area contributed by atoms with Gasteiger partial charge in [-0.3, -0.25) is 9.59 Å². The van der Waals surface area contributed by atoms with Crippen molar-refractivity contribution in [2.24, 2.45) is 5.73 Å². The van der Waals surface area contributed by atoms with E-state index in [0.29, 0.717) is 18.5 Å². The Morgan fingerprint density at radius 3 is 2.55 bits per heavy atom. The van der Waals surface area contributed by atoms with Crippen LogP contribution in [0.2, 0.25) is 0 Å². The molecule has 3 N–H and O–H groups in total. The molecule has 1 aliphatic rings. The topological polar surface area (TPSA) is 75.4 Å². The van der Waals surface area contributed by atoms with E-state index in [0.717, 1.165) is 18.7 Å². The Morgan fingerprint density at radius 1 is 1.40 bits per heavy atom. The van der Waals surface area contributed by atoms with E-state index < -0.39 is 6.04 Å². The first-order valence-electron chi connectivity index (χ1n) is 6.58. The van der Waals surface area contributed by atoms with Crippen molar-refractivity contribution in [2.75, 3.05) is 16.8 Å². The molecular formula is C14H20ClN3O2. The fourth-order valence-electron chi connectivity index (χ4n) is 2.07. The predicted molar refractivity (Wildman–Crippen MR) is 82.2 cm³/mol. The van der Waals surface area contributed by atoms with Gasteiger partial charge in [-0.15, -0.1) is 12.4 Å². The van der Waals surface area contributed by atoms with E-state index in [4.69, 9.17) is 5.73 Å². The number of hydrogen-bond acceptors (Lipinski definition) is 3. The van der Waals surface area contributed by atoms with Crippen LogP contribution in [0.25, 0.3) is 0 Å². The van der Waals surface area contributed by atoms with Crippen molar-refractivity contribution in [2.45, 2.75) is 32.2 Å². The summed E-state index contributed by atoms with van der Waals surface area (Å²) < 4.78 is 0. The highest BCUT2D eigenvalue weighted by atomic mass is 35.5. The standard InChI is InChI=1S/C14H19N3O2.ClH/c1-2-12(15)14(19)16-10-5-7-11(8-6-10)17-9-3-4-13(17)18;/h5-8,12H,2-4,9,15H2,1H3,(H,16,19);1H/t12-;/m0./s1. The van der Waals surface area contributed by atoms with Gasteiger partial charge in [-0.25, -0.2) is 0 Å². The summed E-state index contributed by atoms with van der Waals surface area (Å²) in [6.07, 6.45) is 2.12. The lowest BCUT2D eigenvalue weighted by molar-refractivity contribution is -0.118. The molecule has 0 unspecified atom stereocenters. The second kappa shape index (κ2) is 7.26. The zero-order valence-electron chi connectivity index (χ0n) is 11.5. The molecule has 6 heteroatoms. The van der Waals surface area contributed by atoms with Crippen molar-refractivity contribution >= 4 is 35.6 Å². The van der Waals surface area contributed by atoms with Gasteiger partial charge >= 0.3 is 0 Å². The first-order chi connectivity index (χ1) is 9.11. The van der Waals surface area contributed by atoms with Crippen molar-refractivity contribution in [1.82, 2.24) is 0 Å². The summed E-state index contributed by atoms with van der Waals surface area (Å²) in [6.45, 7) is 2.64. The molecule has 2 rings (SSSR count). The average Bonchev–Trinajstić information content (AvgIpc) is 2.85. The van der Waals surface area contributed by atoms with Crippen molar-refractivity contribution in [3.05, 3.63) is 24.3 Å². The largest absolute Gasteiger partial charge is 0.325 e. The number of anilines is 2. The van der Waals surface area contributed by atoms with Crippen LogP contribution in [-0.2, 0) is 9.59 Å². The Bertz CT molecular complexity index is 476. The molecule has 0 saturated carbocycles. The fraction of sp³-hybridized carbons (Fsp3) is 0.429. The van der Waals surface area contributed by atoms with Crippen LogP contribution in [-0.4, -0.2) is 24.4 Å². The smallest absolute Gasteiger partial charge is 0.241 e. The summed E-state index contributed by atoms with van der Waals surface area (Å²) in [7, 11) is 0. The van der Waals surface area contributed by atoms with Gasteiger partial charge in [-0.05, 0) is 37.1 Å². The zero-order valence-corrected chi connectivity index (χ0v) is 12.3. The van der Waals surface area contributed by atoms with Gasteiger partial charge in [0.2, 0.25) is 11.8 Å². The second-order valence-corrected chi connectivity index (χ2v) is 4.70. The molecule has 1 atom stereocenters. The van der Waals surface area contributed by atoms with Crippen LogP contribution in [0, 0.1) is 0 Å². The lowest BCUT2D eigenvalue weighted by atomic mass is 10.2. The molecule has 1 saturated heterocycles. The maximum absolute atomic E-state index is 11.6. The summed E-state index contributed by atoms with van der Waals surface area (Å²) in [5, 5.41) is 2.75. The Hall–Kier alpha value is -1.59. The van der Waals surface area contributed by atoms with Gasteiger partial charge in [0, 0.05) is 24.3 Å². The van der Waals surface area contributed by atoms with Crippen LogP contribution in [0.3, 0.4) is 0 Å². The number of nitrogens with zero attached hydrogens (tertiary/aromatic N) is 1. The molecule has 0 bridgehead atoms. The van der Waals surface area contributed by atoms with Gasteiger partial charge in [-0.1, -0.05) is 6.92 Å². The van der Waals surface area contributed by atoms with Gasteiger partial charge in [0.25, 0.3) is 0 Å². The number of rotatable bonds is 4. The molecule has 1 aliphatic heterocycles. The van der Waals surface area contributed by atoms with Gasteiger partial charge in [0.05, 0.1) is 6.04 Å². The van der Waals surface area contributed by atoms with Crippen LogP contribution < -0.4 is 16.0 Å². The number of hydrogen-bond donors (Lipinski definition) is 2. The van der Waals surface area contributed by atoms with E-state index >= 15 is 0 Å². The van der Waals surface area contributed by atoms with Gasteiger partial charge in [-0.2, -0.15) is 0 Å². The first kappa shape index (κ1) is 16.5. The molecule has 1 aromatic carbocycles. The fourth-order valence-corrected chi connectivity index (χ4v) is 2.07. The average molecular weight is 298 g/mol. The molecule has 0 radical (unpaired) electrons. The summed E-state index contributed by atoms with van der Waals surface area (Å²) in [6, 6.07) is 6.79. The normalized spacial score (nSPS) is 15.7. The van der Waals surface area contributed by atoms with Crippen LogP contribution in [0.1, 0.15) is 26.2 Å². The number of amides is 2. The van der Waals surface area contributed by atoms with E-state index in [2.05, 4.69) is 5.32 Å². The molecule has 0 aliphatic carbocycles. The summed E-state index contributed by atoms with van der Waals surface area (Å²) in [5.74, 6) is -0.0303. The number of nitrogens with two attached hydrogens (primary N) is 1. The maximum atomic E-state index is 11.6. The quantitative estimate of drug-likeness (QED) is 0.891. The summed E-state index contributed by atoms with van der Waals surface area (Å²) in [4.78, 5) is 25.0. The highest BCUT2D eigenvalue weighted by Crippen LogP contribution is 2.23. The van der Waals surface area contributed by atoms with Crippen LogP contribution in [0.4, 0.5) is 11.4 Å². The molecule has 110 valence electrons. The Morgan fingerprint density at radius 2 is 2.05 bits per heavy atom. The van der Waals surface area contributed by atoms with Gasteiger partial charge < -0.3 is 16.0 Å². The van der Waals surface area contributed by atoms with Crippen LogP contribution >= 0.6 is 12.4 Å². The van der Waals surface area contributed by atoms with Crippen LogP contribution in [0.5, 0.6) is 0 Å². The second-order valence-electron chi connectivity index (χ2n) is 4.70. The minimum absolute atomic E-state index is 0. The lowest BCUT2D eigenvalue weighted by Crippen LogP contribution is -2.34. The predicted octanol–water partition coefficient (Wildman–Crippen LogP) is 1.91. The third-order valence-electron chi connectivity index (χ3n) is 3.30.